The van der Waals surface area contributed by atoms with Crippen molar-refractivity contribution in [1.82, 2.24) is 19.9 Å². The molecule has 0 radical (unpaired) electrons. The van der Waals surface area contributed by atoms with Crippen molar-refractivity contribution in [3.05, 3.63) is 93.1 Å². The lowest BCUT2D eigenvalue weighted by Crippen LogP contribution is -2.35. The zero-order chi connectivity index (χ0) is 21.0. The van der Waals surface area contributed by atoms with Gasteiger partial charge in [0, 0.05) is 29.9 Å². The van der Waals surface area contributed by atoms with E-state index in [2.05, 4.69) is 39.6 Å². The lowest BCUT2D eigenvalue weighted by molar-refractivity contribution is 0.466. The van der Waals surface area contributed by atoms with Crippen LogP contribution in [-0.2, 0) is 32.2 Å². The van der Waals surface area contributed by atoms with E-state index < -0.39 is 0 Å². The maximum Gasteiger partial charge on any atom is 0.262 e. The van der Waals surface area contributed by atoms with Crippen LogP contribution in [0.5, 0.6) is 0 Å². The van der Waals surface area contributed by atoms with Crippen molar-refractivity contribution < 1.29 is 0 Å². The van der Waals surface area contributed by atoms with Crippen LogP contribution in [0.2, 0.25) is 0 Å². The Balaban J connectivity index is 1.28. The quantitative estimate of drug-likeness (QED) is 0.485. The smallest absolute Gasteiger partial charge is 0.262 e. The third kappa shape index (κ3) is 4.45. The van der Waals surface area contributed by atoms with Gasteiger partial charge < -0.3 is 5.32 Å². The number of aromatic nitrogens is 3. The van der Waals surface area contributed by atoms with Crippen LogP contribution >= 0.6 is 11.3 Å². The van der Waals surface area contributed by atoms with Gasteiger partial charge in [0.2, 0.25) is 0 Å². The molecule has 1 atom stereocenters. The van der Waals surface area contributed by atoms with Crippen LogP contribution < -0.4 is 10.9 Å². The number of nitrogens with zero attached hydrogens (tertiary/aromatic N) is 3. The molecule has 0 spiro atoms. The van der Waals surface area contributed by atoms with Crippen LogP contribution in [0, 0.1) is 0 Å². The van der Waals surface area contributed by atoms with Gasteiger partial charge in [-0.3, -0.25) is 14.3 Å². The Labute approximate surface area is 185 Å². The number of benzene rings is 1. The molecule has 3 aromatic heterocycles. The second kappa shape index (κ2) is 9.12. The van der Waals surface area contributed by atoms with E-state index in [0.29, 0.717) is 12.6 Å². The molecule has 4 aromatic rings. The maximum absolute atomic E-state index is 13.2. The predicted molar refractivity (Wildman–Crippen MR) is 126 cm³/mol. The summed E-state index contributed by atoms with van der Waals surface area (Å²) in [6.45, 7) is 1.62. The molecule has 0 fully saturated rings. The fourth-order valence-corrected chi connectivity index (χ4v) is 5.66. The first-order valence-corrected chi connectivity index (χ1v) is 11.8. The van der Waals surface area contributed by atoms with E-state index in [9.17, 15) is 4.79 Å². The van der Waals surface area contributed by atoms with Crippen molar-refractivity contribution in [3.63, 3.8) is 0 Å². The molecular weight excluding hydrogens is 404 g/mol. The zero-order valence-electron chi connectivity index (χ0n) is 17.5. The molecular formula is C25H26N4OS. The van der Waals surface area contributed by atoms with Crippen molar-refractivity contribution in [3.8, 4) is 0 Å². The standard InChI is InChI=1S/C25H26N4OS/c30-25-23-21-7-6-20(27-14-10-19-8-12-26-13-9-19)16-22(21)31-24(23)28-17-29(25)15-11-18-4-2-1-3-5-18/h1-5,8-9,12-13,17,20,27H,6-7,10-11,14-16H2. The molecule has 1 N–H and O–H groups in total. The molecule has 0 aliphatic heterocycles. The number of aryl methyl sites for hydroxylation is 3. The van der Waals surface area contributed by atoms with Gasteiger partial charge in [0.1, 0.15) is 4.83 Å². The van der Waals surface area contributed by atoms with Gasteiger partial charge >= 0.3 is 0 Å². The van der Waals surface area contributed by atoms with Crippen molar-refractivity contribution in [2.24, 2.45) is 0 Å². The van der Waals surface area contributed by atoms with Gasteiger partial charge in [0.25, 0.3) is 5.56 Å². The monoisotopic (exact) mass is 430 g/mol. The van der Waals surface area contributed by atoms with Crippen LogP contribution in [0.15, 0.2) is 66.0 Å². The molecule has 0 amide bonds. The second-order valence-corrected chi connectivity index (χ2v) is 9.25. The van der Waals surface area contributed by atoms with E-state index in [-0.39, 0.29) is 5.56 Å². The fourth-order valence-electron chi connectivity index (χ4n) is 4.40. The summed E-state index contributed by atoms with van der Waals surface area (Å²) in [6.07, 6.45) is 10.2. The molecule has 5 rings (SSSR count). The fraction of sp³-hybridized carbons (Fsp3) is 0.320. The first-order valence-electron chi connectivity index (χ1n) is 10.9. The highest BCUT2D eigenvalue weighted by Gasteiger charge is 2.25. The van der Waals surface area contributed by atoms with Gasteiger partial charge in [-0.25, -0.2) is 4.98 Å². The van der Waals surface area contributed by atoms with Crippen molar-refractivity contribution in [1.29, 1.82) is 0 Å². The summed E-state index contributed by atoms with van der Waals surface area (Å²) in [5, 5.41) is 4.55. The van der Waals surface area contributed by atoms with Crippen molar-refractivity contribution >= 4 is 21.6 Å². The second-order valence-electron chi connectivity index (χ2n) is 8.16. The summed E-state index contributed by atoms with van der Waals surface area (Å²) in [6, 6.07) is 14.9. The molecule has 0 saturated carbocycles. The maximum atomic E-state index is 13.2. The molecule has 0 bridgehead atoms. The first kappa shape index (κ1) is 20.1. The normalized spacial score (nSPS) is 15.8. The molecule has 6 heteroatoms. The number of pyridine rings is 1. The molecule has 5 nitrogen and oxygen atoms in total. The Morgan fingerprint density at radius 1 is 1.06 bits per heavy atom. The number of fused-ring (bicyclic) bond motifs is 3. The van der Waals surface area contributed by atoms with Gasteiger partial charge in [0.05, 0.1) is 11.7 Å². The highest BCUT2D eigenvalue weighted by molar-refractivity contribution is 7.18. The summed E-state index contributed by atoms with van der Waals surface area (Å²) in [7, 11) is 0. The van der Waals surface area contributed by atoms with Crippen LogP contribution in [0.1, 0.15) is 28.0 Å². The molecule has 1 aromatic carbocycles. The number of hydrogen-bond donors (Lipinski definition) is 1. The predicted octanol–water partition coefficient (Wildman–Crippen LogP) is 3.79. The minimum Gasteiger partial charge on any atom is -0.313 e. The molecule has 1 aliphatic carbocycles. The largest absolute Gasteiger partial charge is 0.313 e. The molecule has 31 heavy (non-hydrogen) atoms. The minimum absolute atomic E-state index is 0.113. The molecule has 0 saturated heterocycles. The first-order chi connectivity index (χ1) is 15.3. The Hall–Kier alpha value is -2.83. The van der Waals surface area contributed by atoms with Gasteiger partial charge in [-0.15, -0.1) is 11.3 Å². The molecule has 1 aliphatic rings. The number of nitrogens with one attached hydrogen (secondary N) is 1. The Bertz CT molecular complexity index is 1220. The van der Waals surface area contributed by atoms with Gasteiger partial charge in [-0.1, -0.05) is 30.3 Å². The zero-order valence-corrected chi connectivity index (χ0v) is 18.3. The number of thiophene rings is 1. The molecule has 158 valence electrons. The third-order valence-electron chi connectivity index (χ3n) is 6.12. The highest BCUT2D eigenvalue weighted by Crippen LogP contribution is 2.33. The topological polar surface area (TPSA) is 59.8 Å². The van der Waals surface area contributed by atoms with Gasteiger partial charge in [-0.2, -0.15) is 0 Å². The van der Waals surface area contributed by atoms with Crippen LogP contribution in [0.4, 0.5) is 0 Å². The van der Waals surface area contributed by atoms with Gasteiger partial charge in [0.15, 0.2) is 0 Å². The SMILES string of the molecule is O=c1c2c3c(sc2ncn1CCc1ccccc1)CC(NCCc1ccncc1)CC3. The Kier molecular flexibility index (Phi) is 5.91. The van der Waals surface area contributed by atoms with Crippen LogP contribution in [0.3, 0.4) is 0 Å². The Morgan fingerprint density at radius 2 is 1.87 bits per heavy atom. The number of hydrogen-bond acceptors (Lipinski definition) is 5. The average Bonchev–Trinajstić information content (AvgIpc) is 3.18. The van der Waals surface area contributed by atoms with E-state index in [1.165, 1.54) is 21.6 Å². The summed E-state index contributed by atoms with van der Waals surface area (Å²) < 4.78 is 1.78. The third-order valence-corrected chi connectivity index (χ3v) is 7.28. The highest BCUT2D eigenvalue weighted by atomic mass is 32.1. The van der Waals surface area contributed by atoms with Crippen molar-refractivity contribution in [2.75, 3.05) is 6.54 Å². The van der Waals surface area contributed by atoms with E-state index in [4.69, 9.17) is 0 Å². The van der Waals surface area contributed by atoms with Crippen LogP contribution in [-0.4, -0.2) is 27.1 Å². The molecule has 3 heterocycles. The van der Waals surface area contributed by atoms with Crippen molar-refractivity contribution in [2.45, 2.75) is 44.7 Å². The lowest BCUT2D eigenvalue weighted by atomic mass is 9.93. The van der Waals surface area contributed by atoms with E-state index in [1.807, 2.05) is 30.6 Å². The van der Waals surface area contributed by atoms with Crippen LogP contribution in [0.25, 0.3) is 10.2 Å². The summed E-state index contributed by atoms with van der Waals surface area (Å²) in [5.41, 5.74) is 3.89. The minimum atomic E-state index is 0.113. The average molecular weight is 431 g/mol. The molecule has 1 unspecified atom stereocenters. The lowest BCUT2D eigenvalue weighted by Gasteiger charge is -2.23. The summed E-state index contributed by atoms with van der Waals surface area (Å²) >= 11 is 1.70. The summed E-state index contributed by atoms with van der Waals surface area (Å²) in [5.74, 6) is 0. The van der Waals surface area contributed by atoms with Gasteiger partial charge in [-0.05, 0) is 67.5 Å². The Morgan fingerprint density at radius 3 is 2.71 bits per heavy atom. The van der Waals surface area contributed by atoms with E-state index in [0.717, 1.165) is 48.9 Å². The van der Waals surface area contributed by atoms with E-state index >= 15 is 0 Å². The summed E-state index contributed by atoms with van der Waals surface area (Å²) in [4.78, 5) is 24.1. The van der Waals surface area contributed by atoms with E-state index in [1.54, 1.807) is 22.2 Å². The number of rotatable bonds is 7.